The molecule has 1 rings (SSSR count). The fourth-order valence-electron chi connectivity index (χ4n) is 0.513. The first-order chi connectivity index (χ1) is 4.00. The molecular weight excluding hydrogens is 192 g/mol. The average Bonchev–Trinajstić information content (AvgIpc) is 1.62. The number of rotatable bonds is 0. The van der Waals surface area contributed by atoms with Gasteiger partial charge in [-0.3, -0.25) is 0 Å². The van der Waals surface area contributed by atoms with E-state index in [0.717, 1.165) is 0 Å². The summed E-state index contributed by atoms with van der Waals surface area (Å²) in [6.07, 6.45) is 16.0. The van der Waals surface area contributed by atoms with Crippen LogP contribution >= 0.6 is 0 Å². The van der Waals surface area contributed by atoms with Gasteiger partial charge in [-0.1, -0.05) is 48.6 Å². The number of allylic oxidation sites excluding steroid dienone is 8. The molecule has 0 aromatic carbocycles. The molecule has 1 aliphatic carbocycles. The molecule has 0 radical (unpaired) electrons. The van der Waals surface area contributed by atoms with E-state index in [4.69, 9.17) is 0 Å². The summed E-state index contributed by atoms with van der Waals surface area (Å²) < 4.78 is 0. The van der Waals surface area contributed by atoms with Gasteiger partial charge in [0, 0.05) is 21.1 Å². The predicted molar refractivity (Wildman–Crippen MR) is 36.6 cm³/mol. The van der Waals surface area contributed by atoms with Gasteiger partial charge in [0.05, 0.1) is 0 Å². The zero-order chi connectivity index (χ0) is 5.66. The van der Waals surface area contributed by atoms with Gasteiger partial charge in [-0.05, 0) is 0 Å². The Hall–Kier alpha value is -0.352. The van der Waals surface area contributed by atoms with Crippen molar-refractivity contribution >= 4 is 0 Å². The molecule has 0 aliphatic heterocycles. The minimum absolute atomic E-state index is 0. The van der Waals surface area contributed by atoms with E-state index in [1.54, 1.807) is 0 Å². The Bertz CT molecular complexity index is 105. The molecule has 0 heterocycles. The maximum Gasteiger partial charge on any atom is 0 e. The second-order valence-corrected chi connectivity index (χ2v) is 1.54. The van der Waals surface area contributed by atoms with E-state index in [1.165, 1.54) is 0 Å². The van der Waals surface area contributed by atoms with Crippen molar-refractivity contribution in [3.8, 4) is 0 Å². The summed E-state index contributed by atoms with van der Waals surface area (Å²) in [7, 11) is 0. The van der Waals surface area contributed by atoms with Crippen LogP contribution in [0.4, 0.5) is 0 Å². The first-order valence-electron chi connectivity index (χ1n) is 2.67. The molecule has 1 heteroatoms. The summed E-state index contributed by atoms with van der Waals surface area (Å²) in [6.45, 7) is 0. The van der Waals surface area contributed by atoms with Crippen LogP contribution in [-0.4, -0.2) is 0 Å². The number of hydrogen-bond acceptors (Lipinski definition) is 0. The van der Waals surface area contributed by atoms with Crippen molar-refractivity contribution < 1.29 is 21.1 Å². The SMILES string of the molecule is C1=CC=CC=CC=C1.[Mo]. The molecule has 0 saturated heterocycles. The van der Waals surface area contributed by atoms with Gasteiger partial charge in [-0.15, -0.1) is 0 Å². The van der Waals surface area contributed by atoms with Gasteiger partial charge >= 0.3 is 0 Å². The fourth-order valence-corrected chi connectivity index (χ4v) is 0.513. The molecule has 46 valence electrons. The summed E-state index contributed by atoms with van der Waals surface area (Å²) in [5, 5.41) is 0. The molecule has 1 aliphatic rings. The Morgan fingerprint density at radius 2 is 0.444 bits per heavy atom. The van der Waals surface area contributed by atoms with Crippen molar-refractivity contribution in [1.29, 1.82) is 0 Å². The predicted octanol–water partition coefficient (Wildman–Crippen LogP) is 2.22. The van der Waals surface area contributed by atoms with E-state index in [-0.39, 0.29) is 21.1 Å². The van der Waals surface area contributed by atoms with Gasteiger partial charge in [0.25, 0.3) is 0 Å². The van der Waals surface area contributed by atoms with E-state index < -0.39 is 0 Å². The molecule has 0 amide bonds. The number of hydrogen-bond donors (Lipinski definition) is 0. The van der Waals surface area contributed by atoms with Crippen LogP contribution in [0.25, 0.3) is 0 Å². The van der Waals surface area contributed by atoms with Crippen molar-refractivity contribution in [2.24, 2.45) is 0 Å². The minimum atomic E-state index is 0. The third-order valence-electron chi connectivity index (χ3n) is 0.889. The third kappa shape index (κ3) is 4.17. The molecule has 0 saturated carbocycles. The van der Waals surface area contributed by atoms with Gasteiger partial charge in [0.1, 0.15) is 0 Å². The summed E-state index contributed by atoms with van der Waals surface area (Å²) >= 11 is 0. The van der Waals surface area contributed by atoms with Crippen LogP contribution in [0.15, 0.2) is 48.6 Å². The van der Waals surface area contributed by atoms with Gasteiger partial charge < -0.3 is 0 Å². The molecule has 0 aromatic rings. The van der Waals surface area contributed by atoms with Crippen LogP contribution in [0, 0.1) is 0 Å². The molecule has 0 fully saturated rings. The Morgan fingerprint density at radius 3 is 0.556 bits per heavy atom. The summed E-state index contributed by atoms with van der Waals surface area (Å²) in [6, 6.07) is 0. The van der Waals surface area contributed by atoms with Crippen LogP contribution in [0.1, 0.15) is 0 Å². The molecule has 0 bridgehead atoms. The van der Waals surface area contributed by atoms with Crippen molar-refractivity contribution in [2.45, 2.75) is 0 Å². The quantitative estimate of drug-likeness (QED) is 0.526. The molecule has 0 aromatic heterocycles. The van der Waals surface area contributed by atoms with Gasteiger partial charge in [-0.25, -0.2) is 0 Å². The van der Waals surface area contributed by atoms with Gasteiger partial charge in [0.2, 0.25) is 0 Å². The summed E-state index contributed by atoms with van der Waals surface area (Å²) in [5.74, 6) is 0. The van der Waals surface area contributed by atoms with Crippen molar-refractivity contribution in [2.75, 3.05) is 0 Å². The normalized spacial score (nSPS) is 14.2. The molecular formula is C8H8Mo. The third-order valence-corrected chi connectivity index (χ3v) is 0.889. The van der Waals surface area contributed by atoms with Crippen molar-refractivity contribution in [3.63, 3.8) is 0 Å². The minimum Gasteiger partial charge on any atom is -0.0623 e. The summed E-state index contributed by atoms with van der Waals surface area (Å²) in [4.78, 5) is 0. The topological polar surface area (TPSA) is 0 Å². The zero-order valence-corrected chi connectivity index (χ0v) is 7.03. The van der Waals surface area contributed by atoms with Crippen LogP contribution in [0.3, 0.4) is 0 Å². The van der Waals surface area contributed by atoms with Crippen LogP contribution in [0.2, 0.25) is 0 Å². The standard InChI is InChI=1S/C8H8.Mo/c1-2-4-6-8-7-5-3-1;/h1-8H;. The molecule has 9 heavy (non-hydrogen) atoms. The summed E-state index contributed by atoms with van der Waals surface area (Å²) in [5.41, 5.74) is 0. The van der Waals surface area contributed by atoms with Crippen molar-refractivity contribution in [1.82, 2.24) is 0 Å². The van der Waals surface area contributed by atoms with Crippen LogP contribution < -0.4 is 0 Å². The molecule has 0 atom stereocenters. The molecule has 0 N–H and O–H groups in total. The van der Waals surface area contributed by atoms with E-state index in [9.17, 15) is 0 Å². The molecule has 0 spiro atoms. The van der Waals surface area contributed by atoms with Crippen LogP contribution in [-0.2, 0) is 21.1 Å². The second-order valence-electron chi connectivity index (χ2n) is 1.54. The Labute approximate surface area is 69.9 Å². The smallest absolute Gasteiger partial charge is 0 e. The second kappa shape index (κ2) is 5.78. The van der Waals surface area contributed by atoms with Gasteiger partial charge in [-0.2, -0.15) is 0 Å². The average molecular weight is 200 g/mol. The van der Waals surface area contributed by atoms with Crippen LogP contribution in [0.5, 0.6) is 0 Å². The Balaban J connectivity index is 0.000000640. The first kappa shape index (κ1) is 8.65. The van der Waals surface area contributed by atoms with Crippen molar-refractivity contribution in [3.05, 3.63) is 48.6 Å². The maximum absolute atomic E-state index is 2.00. The van der Waals surface area contributed by atoms with E-state index >= 15 is 0 Å². The Morgan fingerprint density at radius 1 is 0.333 bits per heavy atom. The largest absolute Gasteiger partial charge is 0.0623 e. The first-order valence-corrected chi connectivity index (χ1v) is 2.67. The van der Waals surface area contributed by atoms with E-state index in [2.05, 4.69) is 0 Å². The van der Waals surface area contributed by atoms with E-state index in [1.807, 2.05) is 48.6 Å². The van der Waals surface area contributed by atoms with E-state index in [0.29, 0.717) is 0 Å². The monoisotopic (exact) mass is 202 g/mol. The molecule has 0 unspecified atom stereocenters. The fraction of sp³-hybridized carbons (Fsp3) is 0. The van der Waals surface area contributed by atoms with Gasteiger partial charge in [0.15, 0.2) is 0 Å². The molecule has 0 nitrogen and oxygen atoms in total. The maximum atomic E-state index is 2.00. The Kier molecular flexibility index (Phi) is 5.55. The zero-order valence-electron chi connectivity index (χ0n) is 5.03.